The number of rotatable bonds is 3. The van der Waals surface area contributed by atoms with Crippen molar-refractivity contribution in [2.45, 2.75) is 20.3 Å². The molecule has 0 saturated heterocycles. The number of fused-ring (bicyclic) bond motifs is 1. The summed E-state index contributed by atoms with van der Waals surface area (Å²) in [7, 11) is 0. The SMILES string of the molecule is CCNC(=O)c1cccc(NC(=O)N2CCc3ccc(C)cc32)c1. The largest absolute Gasteiger partial charge is 0.352 e. The second-order valence-electron chi connectivity index (χ2n) is 5.90. The van der Waals surface area contributed by atoms with Crippen molar-refractivity contribution in [2.75, 3.05) is 23.3 Å². The molecule has 2 aromatic rings. The Kier molecular flexibility index (Phi) is 4.51. The zero-order valence-electron chi connectivity index (χ0n) is 13.9. The predicted molar refractivity (Wildman–Crippen MR) is 95.7 cm³/mol. The van der Waals surface area contributed by atoms with Crippen LogP contribution in [0, 0.1) is 6.92 Å². The van der Waals surface area contributed by atoms with Crippen LogP contribution in [0.5, 0.6) is 0 Å². The summed E-state index contributed by atoms with van der Waals surface area (Å²) in [6, 6.07) is 13.0. The molecule has 0 saturated carbocycles. The van der Waals surface area contributed by atoms with Gasteiger partial charge in [-0.2, -0.15) is 0 Å². The molecule has 124 valence electrons. The molecular formula is C19H21N3O2. The topological polar surface area (TPSA) is 61.4 Å². The van der Waals surface area contributed by atoms with Crippen molar-refractivity contribution >= 4 is 23.3 Å². The Morgan fingerprint density at radius 3 is 2.79 bits per heavy atom. The quantitative estimate of drug-likeness (QED) is 0.910. The van der Waals surface area contributed by atoms with E-state index in [0.717, 1.165) is 17.7 Å². The number of carbonyl (C=O) groups is 2. The van der Waals surface area contributed by atoms with Crippen LogP contribution < -0.4 is 15.5 Å². The average molecular weight is 323 g/mol. The van der Waals surface area contributed by atoms with Gasteiger partial charge in [0.1, 0.15) is 0 Å². The molecule has 0 aliphatic carbocycles. The monoisotopic (exact) mass is 323 g/mol. The molecule has 5 heteroatoms. The van der Waals surface area contributed by atoms with Gasteiger partial charge in [-0.1, -0.05) is 18.2 Å². The van der Waals surface area contributed by atoms with Crippen LogP contribution in [0.4, 0.5) is 16.2 Å². The first-order valence-electron chi connectivity index (χ1n) is 8.15. The smallest absolute Gasteiger partial charge is 0.326 e. The molecule has 0 atom stereocenters. The summed E-state index contributed by atoms with van der Waals surface area (Å²) < 4.78 is 0. The van der Waals surface area contributed by atoms with E-state index < -0.39 is 0 Å². The molecule has 3 amide bonds. The fourth-order valence-electron chi connectivity index (χ4n) is 2.89. The predicted octanol–water partition coefficient (Wildman–Crippen LogP) is 3.34. The Morgan fingerprint density at radius 2 is 2.00 bits per heavy atom. The fraction of sp³-hybridized carbons (Fsp3) is 0.263. The lowest BCUT2D eigenvalue weighted by Crippen LogP contribution is -2.33. The fourth-order valence-corrected chi connectivity index (χ4v) is 2.89. The van der Waals surface area contributed by atoms with Crippen molar-refractivity contribution in [3.05, 3.63) is 59.2 Å². The van der Waals surface area contributed by atoms with Gasteiger partial charge in [-0.3, -0.25) is 9.69 Å². The standard InChI is InChI=1S/C19H21N3O2/c1-3-20-18(23)15-5-4-6-16(12-15)21-19(24)22-10-9-14-8-7-13(2)11-17(14)22/h4-8,11-12H,3,9-10H2,1-2H3,(H,20,23)(H,21,24). The van der Waals surface area contributed by atoms with Gasteiger partial charge in [0.25, 0.3) is 5.91 Å². The van der Waals surface area contributed by atoms with Crippen LogP contribution in [0.15, 0.2) is 42.5 Å². The molecule has 0 aromatic heterocycles. The third-order valence-electron chi connectivity index (χ3n) is 4.09. The van der Waals surface area contributed by atoms with Crippen LogP contribution in [0.2, 0.25) is 0 Å². The zero-order chi connectivity index (χ0) is 17.1. The molecule has 2 N–H and O–H groups in total. The van der Waals surface area contributed by atoms with Crippen LogP contribution in [-0.2, 0) is 6.42 Å². The molecule has 1 aliphatic heterocycles. The summed E-state index contributed by atoms with van der Waals surface area (Å²) in [5.74, 6) is -0.143. The summed E-state index contributed by atoms with van der Waals surface area (Å²) in [4.78, 5) is 26.3. The molecule has 0 bridgehead atoms. The number of carbonyl (C=O) groups excluding carboxylic acids is 2. The number of amides is 3. The van der Waals surface area contributed by atoms with Crippen molar-refractivity contribution in [3.63, 3.8) is 0 Å². The Bertz CT molecular complexity index is 786. The second kappa shape index (κ2) is 6.74. The average Bonchev–Trinajstić information content (AvgIpc) is 2.98. The lowest BCUT2D eigenvalue weighted by atomic mass is 10.1. The first-order chi connectivity index (χ1) is 11.6. The van der Waals surface area contributed by atoms with E-state index >= 15 is 0 Å². The maximum Gasteiger partial charge on any atom is 0.326 e. The number of anilines is 2. The number of benzene rings is 2. The molecule has 0 unspecified atom stereocenters. The van der Waals surface area contributed by atoms with Crippen LogP contribution in [0.1, 0.15) is 28.4 Å². The van der Waals surface area contributed by atoms with E-state index in [4.69, 9.17) is 0 Å². The van der Waals surface area contributed by atoms with Crippen molar-refractivity contribution in [2.24, 2.45) is 0 Å². The highest BCUT2D eigenvalue weighted by atomic mass is 16.2. The second-order valence-corrected chi connectivity index (χ2v) is 5.90. The highest BCUT2D eigenvalue weighted by Crippen LogP contribution is 2.29. The number of nitrogens with one attached hydrogen (secondary N) is 2. The Morgan fingerprint density at radius 1 is 1.17 bits per heavy atom. The van der Waals surface area contributed by atoms with Crippen LogP contribution in [0.25, 0.3) is 0 Å². The molecule has 1 heterocycles. The van der Waals surface area contributed by atoms with Gasteiger partial charge in [0.15, 0.2) is 0 Å². The number of hydrogen-bond donors (Lipinski definition) is 2. The summed E-state index contributed by atoms with van der Waals surface area (Å²) in [6.07, 6.45) is 0.863. The Balaban J connectivity index is 1.76. The van der Waals surface area contributed by atoms with Crippen molar-refractivity contribution in [1.82, 2.24) is 5.32 Å². The third-order valence-corrected chi connectivity index (χ3v) is 4.09. The van der Waals surface area contributed by atoms with Gasteiger partial charge in [-0.25, -0.2) is 4.79 Å². The van der Waals surface area contributed by atoms with E-state index in [-0.39, 0.29) is 11.9 Å². The van der Waals surface area contributed by atoms with Crippen LogP contribution in [-0.4, -0.2) is 25.0 Å². The molecule has 0 fully saturated rings. The lowest BCUT2D eigenvalue weighted by molar-refractivity contribution is 0.0956. The van der Waals surface area contributed by atoms with E-state index in [9.17, 15) is 9.59 Å². The summed E-state index contributed by atoms with van der Waals surface area (Å²) in [6.45, 7) is 5.13. The zero-order valence-corrected chi connectivity index (χ0v) is 13.9. The van der Waals surface area contributed by atoms with E-state index in [2.05, 4.69) is 22.8 Å². The maximum atomic E-state index is 12.6. The minimum atomic E-state index is -0.174. The minimum Gasteiger partial charge on any atom is -0.352 e. The first-order valence-corrected chi connectivity index (χ1v) is 8.15. The van der Waals surface area contributed by atoms with Gasteiger partial charge < -0.3 is 10.6 Å². The molecule has 3 rings (SSSR count). The van der Waals surface area contributed by atoms with Gasteiger partial charge in [-0.05, 0) is 55.7 Å². The molecule has 0 spiro atoms. The Hall–Kier alpha value is -2.82. The lowest BCUT2D eigenvalue weighted by Gasteiger charge is -2.18. The third kappa shape index (κ3) is 3.25. The van der Waals surface area contributed by atoms with Gasteiger partial charge in [-0.15, -0.1) is 0 Å². The normalized spacial score (nSPS) is 12.7. The van der Waals surface area contributed by atoms with Gasteiger partial charge >= 0.3 is 6.03 Å². The molecular weight excluding hydrogens is 302 g/mol. The molecule has 0 radical (unpaired) electrons. The summed E-state index contributed by atoms with van der Waals surface area (Å²) in [5.41, 5.74) is 4.43. The maximum absolute atomic E-state index is 12.6. The van der Waals surface area contributed by atoms with E-state index in [1.807, 2.05) is 19.9 Å². The van der Waals surface area contributed by atoms with Crippen LogP contribution >= 0.6 is 0 Å². The van der Waals surface area contributed by atoms with Gasteiger partial charge in [0, 0.05) is 30.0 Å². The summed E-state index contributed by atoms with van der Waals surface area (Å²) in [5, 5.41) is 5.64. The van der Waals surface area contributed by atoms with Crippen LogP contribution in [0.3, 0.4) is 0 Å². The molecule has 1 aliphatic rings. The number of urea groups is 1. The van der Waals surface area contributed by atoms with Gasteiger partial charge in [0.2, 0.25) is 0 Å². The highest BCUT2D eigenvalue weighted by molar-refractivity contribution is 6.04. The summed E-state index contributed by atoms with van der Waals surface area (Å²) >= 11 is 0. The number of hydrogen-bond acceptors (Lipinski definition) is 2. The van der Waals surface area contributed by atoms with E-state index in [0.29, 0.717) is 24.3 Å². The van der Waals surface area contributed by atoms with Gasteiger partial charge in [0.05, 0.1) is 0 Å². The first kappa shape index (κ1) is 16.1. The highest BCUT2D eigenvalue weighted by Gasteiger charge is 2.24. The number of nitrogens with zero attached hydrogens (tertiary/aromatic N) is 1. The van der Waals surface area contributed by atoms with E-state index in [1.54, 1.807) is 29.2 Å². The Labute approximate surface area is 141 Å². The molecule has 24 heavy (non-hydrogen) atoms. The number of aryl methyl sites for hydroxylation is 1. The molecule has 2 aromatic carbocycles. The van der Waals surface area contributed by atoms with Crippen molar-refractivity contribution in [3.8, 4) is 0 Å². The molecule has 5 nitrogen and oxygen atoms in total. The van der Waals surface area contributed by atoms with Crippen molar-refractivity contribution in [1.29, 1.82) is 0 Å². The van der Waals surface area contributed by atoms with Crippen molar-refractivity contribution < 1.29 is 9.59 Å². The van der Waals surface area contributed by atoms with E-state index in [1.165, 1.54) is 5.56 Å². The minimum absolute atomic E-state index is 0.143.